The molecule has 0 radical (unpaired) electrons. The number of carboxylic acid groups (broad SMARTS) is 1. The second-order valence-corrected chi connectivity index (χ2v) is 3.92. The van der Waals surface area contributed by atoms with Gasteiger partial charge in [0.05, 0.1) is 0 Å². The largest absolute Gasteiger partial charge is 0.481 e. The van der Waals surface area contributed by atoms with E-state index in [1.54, 1.807) is 11.6 Å². The van der Waals surface area contributed by atoms with Gasteiger partial charge in [-0.05, 0) is 22.7 Å². The summed E-state index contributed by atoms with van der Waals surface area (Å²) in [5, 5.41) is 22.1. The molecule has 1 aromatic heterocycles. The van der Waals surface area contributed by atoms with Crippen molar-refractivity contribution < 1.29 is 14.8 Å². The van der Waals surface area contributed by atoms with Crippen LogP contribution in [0.15, 0.2) is 6.33 Å². The number of nitrogens with one attached hydrogen (secondary N) is 1. The monoisotopic (exact) mass is 256 g/mol. The molecule has 0 saturated heterocycles. The van der Waals surface area contributed by atoms with Crippen LogP contribution in [-0.2, 0) is 11.8 Å². The maximum atomic E-state index is 10.7. The van der Waals surface area contributed by atoms with Crippen LogP contribution in [0.1, 0.15) is 25.7 Å². The van der Waals surface area contributed by atoms with Crippen LogP contribution in [0, 0.1) is 10.1 Å². The van der Waals surface area contributed by atoms with Gasteiger partial charge in [-0.15, -0.1) is 0 Å². The zero-order chi connectivity index (χ0) is 13.5. The van der Waals surface area contributed by atoms with Crippen LogP contribution in [0.3, 0.4) is 0 Å². The lowest BCUT2D eigenvalue weighted by atomic mass is 10.2. The van der Waals surface area contributed by atoms with Gasteiger partial charge in [0.15, 0.2) is 0 Å². The van der Waals surface area contributed by atoms with E-state index in [2.05, 4.69) is 10.3 Å². The molecule has 0 aliphatic rings. The number of carbonyl (C=O) groups is 1. The molecule has 0 bridgehead atoms. The van der Waals surface area contributed by atoms with Gasteiger partial charge in [0, 0.05) is 20.0 Å². The molecule has 1 rings (SSSR count). The van der Waals surface area contributed by atoms with Crippen LogP contribution in [0.4, 0.5) is 11.6 Å². The van der Waals surface area contributed by atoms with Crippen molar-refractivity contribution in [2.45, 2.75) is 25.7 Å². The molecule has 0 atom stereocenters. The van der Waals surface area contributed by atoms with E-state index in [4.69, 9.17) is 5.11 Å². The minimum atomic E-state index is -0.801. The quantitative estimate of drug-likeness (QED) is 0.413. The maximum absolute atomic E-state index is 10.7. The molecule has 1 aromatic rings. The number of unbranched alkanes of at least 4 members (excludes halogenated alkanes) is 2. The molecule has 8 heteroatoms. The number of nitrogens with zero attached hydrogens (tertiary/aromatic N) is 3. The SMILES string of the molecule is Cn1cnc([N+](=O)[O-])c1NCCCCCC(=O)O. The Morgan fingerprint density at radius 2 is 2.28 bits per heavy atom. The van der Waals surface area contributed by atoms with Gasteiger partial charge in [0.2, 0.25) is 12.1 Å². The van der Waals surface area contributed by atoms with Gasteiger partial charge < -0.3 is 20.5 Å². The third-order valence-corrected chi connectivity index (χ3v) is 2.45. The fraction of sp³-hybridized carbons (Fsp3) is 0.600. The first-order valence-corrected chi connectivity index (χ1v) is 5.63. The minimum absolute atomic E-state index is 0.159. The van der Waals surface area contributed by atoms with Crippen molar-refractivity contribution in [2.75, 3.05) is 11.9 Å². The van der Waals surface area contributed by atoms with Crippen molar-refractivity contribution in [1.82, 2.24) is 9.55 Å². The topological polar surface area (TPSA) is 110 Å². The van der Waals surface area contributed by atoms with Crippen LogP contribution in [0.5, 0.6) is 0 Å². The molecule has 100 valence electrons. The summed E-state index contributed by atoms with van der Waals surface area (Å²) in [5.41, 5.74) is 0. The molecule has 0 aromatic carbocycles. The van der Waals surface area contributed by atoms with Crippen molar-refractivity contribution in [3.8, 4) is 0 Å². The first-order chi connectivity index (χ1) is 8.52. The van der Waals surface area contributed by atoms with Crippen LogP contribution >= 0.6 is 0 Å². The zero-order valence-electron chi connectivity index (χ0n) is 10.1. The molecule has 0 spiro atoms. The van der Waals surface area contributed by atoms with Crippen LogP contribution in [0.25, 0.3) is 0 Å². The van der Waals surface area contributed by atoms with Gasteiger partial charge in [-0.25, -0.2) is 0 Å². The highest BCUT2D eigenvalue weighted by Gasteiger charge is 2.18. The molecular weight excluding hydrogens is 240 g/mol. The molecule has 0 aliphatic heterocycles. The summed E-state index contributed by atoms with van der Waals surface area (Å²) in [5.74, 6) is -0.619. The number of rotatable bonds is 8. The molecule has 0 amide bonds. The number of hydrogen-bond donors (Lipinski definition) is 2. The van der Waals surface area contributed by atoms with E-state index in [9.17, 15) is 14.9 Å². The van der Waals surface area contributed by atoms with Crippen molar-refractivity contribution in [3.05, 3.63) is 16.4 Å². The first kappa shape index (κ1) is 13.9. The number of aromatic nitrogens is 2. The average molecular weight is 256 g/mol. The molecule has 0 saturated carbocycles. The van der Waals surface area contributed by atoms with Crippen molar-refractivity contribution in [2.24, 2.45) is 7.05 Å². The highest BCUT2D eigenvalue weighted by atomic mass is 16.6. The second-order valence-electron chi connectivity index (χ2n) is 3.92. The number of aryl methyl sites for hydroxylation is 1. The Labute approximate surface area is 104 Å². The van der Waals surface area contributed by atoms with Crippen LogP contribution in [0.2, 0.25) is 0 Å². The smallest absolute Gasteiger partial charge is 0.406 e. The summed E-state index contributed by atoms with van der Waals surface area (Å²) in [4.78, 5) is 24.1. The van der Waals surface area contributed by atoms with Gasteiger partial charge >= 0.3 is 11.8 Å². The van der Waals surface area contributed by atoms with E-state index in [0.29, 0.717) is 18.8 Å². The first-order valence-electron chi connectivity index (χ1n) is 5.63. The highest BCUT2D eigenvalue weighted by molar-refractivity contribution is 5.66. The third-order valence-electron chi connectivity index (χ3n) is 2.45. The van der Waals surface area contributed by atoms with E-state index >= 15 is 0 Å². The number of hydrogen-bond acceptors (Lipinski definition) is 5. The summed E-state index contributed by atoms with van der Waals surface area (Å²) in [6.07, 6.45) is 3.68. The Morgan fingerprint density at radius 1 is 1.56 bits per heavy atom. The van der Waals surface area contributed by atoms with Gasteiger partial charge in [-0.3, -0.25) is 9.36 Å². The van der Waals surface area contributed by atoms with Crippen molar-refractivity contribution >= 4 is 17.6 Å². The molecule has 0 unspecified atom stereocenters. The lowest BCUT2D eigenvalue weighted by Gasteiger charge is -2.05. The molecule has 8 nitrogen and oxygen atoms in total. The van der Waals surface area contributed by atoms with E-state index < -0.39 is 10.9 Å². The van der Waals surface area contributed by atoms with Crippen LogP contribution < -0.4 is 5.32 Å². The summed E-state index contributed by atoms with van der Waals surface area (Å²) >= 11 is 0. The minimum Gasteiger partial charge on any atom is -0.481 e. The summed E-state index contributed by atoms with van der Waals surface area (Å²) in [7, 11) is 1.67. The summed E-state index contributed by atoms with van der Waals surface area (Å²) in [6, 6.07) is 0. The van der Waals surface area contributed by atoms with E-state index in [1.165, 1.54) is 6.33 Å². The Balaban J connectivity index is 2.33. The fourth-order valence-corrected chi connectivity index (χ4v) is 1.54. The Morgan fingerprint density at radius 3 is 2.89 bits per heavy atom. The van der Waals surface area contributed by atoms with Gasteiger partial charge in [-0.2, -0.15) is 0 Å². The Hall–Kier alpha value is -2.12. The standard InChI is InChI=1S/C10H16N4O4/c1-13-7-12-10(14(17)18)9(13)11-6-4-2-3-5-8(15)16/h7,11H,2-6H2,1H3,(H,15,16). The number of aliphatic carboxylic acids is 1. The number of imidazole rings is 1. The van der Waals surface area contributed by atoms with Gasteiger partial charge in [-0.1, -0.05) is 6.42 Å². The normalized spacial score (nSPS) is 10.3. The van der Waals surface area contributed by atoms with Crippen LogP contribution in [-0.4, -0.2) is 32.1 Å². The average Bonchev–Trinajstić information content (AvgIpc) is 2.65. The lowest BCUT2D eigenvalue weighted by molar-refractivity contribution is -0.388. The van der Waals surface area contributed by atoms with E-state index in [-0.39, 0.29) is 12.2 Å². The highest BCUT2D eigenvalue weighted by Crippen LogP contribution is 2.20. The molecule has 18 heavy (non-hydrogen) atoms. The van der Waals surface area contributed by atoms with Gasteiger partial charge in [0.1, 0.15) is 0 Å². The molecule has 0 aliphatic carbocycles. The van der Waals surface area contributed by atoms with E-state index in [0.717, 1.165) is 12.8 Å². The predicted molar refractivity (Wildman–Crippen MR) is 64.5 cm³/mol. The number of nitro groups is 1. The van der Waals surface area contributed by atoms with Crippen molar-refractivity contribution in [3.63, 3.8) is 0 Å². The zero-order valence-corrected chi connectivity index (χ0v) is 10.1. The second kappa shape index (κ2) is 6.58. The number of carboxylic acids is 1. The molecule has 2 N–H and O–H groups in total. The third kappa shape index (κ3) is 4.04. The maximum Gasteiger partial charge on any atom is 0.406 e. The fourth-order valence-electron chi connectivity index (χ4n) is 1.54. The Kier molecular flexibility index (Phi) is 5.09. The molecular formula is C10H16N4O4. The number of anilines is 1. The predicted octanol–water partition coefficient (Wildman–Crippen LogP) is 1.39. The summed E-state index contributed by atoms with van der Waals surface area (Å²) in [6.45, 7) is 0.556. The molecule has 1 heterocycles. The molecule has 0 fully saturated rings. The summed E-state index contributed by atoms with van der Waals surface area (Å²) < 4.78 is 1.55. The van der Waals surface area contributed by atoms with E-state index in [1.807, 2.05) is 0 Å². The lowest BCUT2D eigenvalue weighted by Crippen LogP contribution is -2.07. The van der Waals surface area contributed by atoms with Crippen molar-refractivity contribution in [1.29, 1.82) is 0 Å². The van der Waals surface area contributed by atoms with Gasteiger partial charge in [0.25, 0.3) is 0 Å². The Bertz CT molecular complexity index is 430.